The summed E-state index contributed by atoms with van der Waals surface area (Å²) in [5.41, 5.74) is 0.114. The fourth-order valence-electron chi connectivity index (χ4n) is 2.29. The molecule has 26 heavy (non-hydrogen) atoms. The Morgan fingerprint density at radius 1 is 1.12 bits per heavy atom. The molecule has 0 bridgehead atoms. The van der Waals surface area contributed by atoms with Crippen molar-refractivity contribution in [2.75, 3.05) is 13.1 Å². The summed E-state index contributed by atoms with van der Waals surface area (Å²) in [6.45, 7) is 7.52. The number of nitrogens with one attached hydrogen (secondary N) is 1. The number of hydrogen-bond donors (Lipinski definition) is 1. The standard InChI is InChI=1S/C13H14F3NO2.C5H10O2/c14-13(15,16)19-11-3-1-9(2-4-11)12(18)10-5-7-17-8-6-10;1-5(2,3)7-4-6/h1-4,10,17H,5-8H2;4H,1-3H3. The van der Waals surface area contributed by atoms with E-state index < -0.39 is 6.36 Å². The van der Waals surface area contributed by atoms with Gasteiger partial charge in [0.2, 0.25) is 0 Å². The molecule has 1 aliphatic rings. The molecule has 0 saturated carbocycles. The minimum Gasteiger partial charge on any atom is -0.462 e. The first-order chi connectivity index (χ1) is 12.0. The topological polar surface area (TPSA) is 64.6 Å². The molecule has 0 aromatic heterocycles. The fourth-order valence-corrected chi connectivity index (χ4v) is 2.29. The molecular formula is C18H24F3NO4. The number of rotatable bonds is 4. The maximum Gasteiger partial charge on any atom is 0.573 e. The van der Waals surface area contributed by atoms with Gasteiger partial charge in [-0.3, -0.25) is 9.59 Å². The lowest BCUT2D eigenvalue weighted by molar-refractivity contribution is -0.274. The maximum atomic E-state index is 12.1. The molecule has 1 saturated heterocycles. The minimum atomic E-state index is -4.71. The highest BCUT2D eigenvalue weighted by atomic mass is 19.4. The lowest BCUT2D eigenvalue weighted by atomic mass is 9.90. The zero-order valence-electron chi connectivity index (χ0n) is 15.1. The van der Waals surface area contributed by atoms with Gasteiger partial charge in [-0.15, -0.1) is 13.2 Å². The van der Waals surface area contributed by atoms with Crippen molar-refractivity contribution in [2.24, 2.45) is 5.92 Å². The van der Waals surface area contributed by atoms with Crippen molar-refractivity contribution in [1.82, 2.24) is 5.32 Å². The van der Waals surface area contributed by atoms with Crippen LogP contribution >= 0.6 is 0 Å². The number of ether oxygens (including phenoxy) is 2. The van der Waals surface area contributed by atoms with Gasteiger partial charge in [0.25, 0.3) is 6.47 Å². The molecule has 0 spiro atoms. The van der Waals surface area contributed by atoms with Gasteiger partial charge in [0, 0.05) is 11.5 Å². The molecule has 8 heteroatoms. The highest BCUT2D eigenvalue weighted by Gasteiger charge is 2.31. The number of alkyl halides is 3. The second-order valence-corrected chi connectivity index (χ2v) is 6.79. The molecule has 1 aromatic carbocycles. The van der Waals surface area contributed by atoms with Crippen molar-refractivity contribution >= 4 is 12.3 Å². The van der Waals surface area contributed by atoms with Crippen molar-refractivity contribution < 1.29 is 32.2 Å². The third kappa shape index (κ3) is 8.84. The normalized spacial score (nSPS) is 15.5. The lowest BCUT2D eigenvalue weighted by Crippen LogP contribution is -2.31. The Morgan fingerprint density at radius 2 is 1.65 bits per heavy atom. The molecule has 1 aliphatic heterocycles. The molecule has 0 atom stereocenters. The molecular weight excluding hydrogens is 351 g/mol. The first kappa shape index (κ1) is 22.0. The smallest absolute Gasteiger partial charge is 0.462 e. The van der Waals surface area contributed by atoms with Crippen LogP contribution in [0.15, 0.2) is 24.3 Å². The monoisotopic (exact) mass is 375 g/mol. The predicted molar refractivity (Wildman–Crippen MR) is 90.0 cm³/mol. The number of hydrogen-bond acceptors (Lipinski definition) is 5. The zero-order chi connectivity index (χ0) is 19.8. The summed E-state index contributed by atoms with van der Waals surface area (Å²) < 4.78 is 44.3. The van der Waals surface area contributed by atoms with E-state index in [0.29, 0.717) is 12.0 Å². The van der Waals surface area contributed by atoms with Gasteiger partial charge >= 0.3 is 6.36 Å². The van der Waals surface area contributed by atoms with E-state index in [1.807, 2.05) is 20.8 Å². The second kappa shape index (κ2) is 9.56. The van der Waals surface area contributed by atoms with Crippen molar-refractivity contribution in [3.63, 3.8) is 0 Å². The number of piperidine rings is 1. The van der Waals surface area contributed by atoms with Crippen molar-refractivity contribution in [3.05, 3.63) is 29.8 Å². The number of benzene rings is 1. The first-order valence-electron chi connectivity index (χ1n) is 8.24. The summed E-state index contributed by atoms with van der Waals surface area (Å²) in [5, 5.41) is 3.16. The Bertz CT molecular complexity index is 574. The molecule has 0 aliphatic carbocycles. The van der Waals surface area contributed by atoms with Crippen LogP contribution in [0.4, 0.5) is 13.2 Å². The molecule has 1 fully saturated rings. The number of carbonyl (C=O) groups excluding carboxylic acids is 2. The Hall–Kier alpha value is -2.09. The van der Waals surface area contributed by atoms with Crippen LogP contribution in [0.2, 0.25) is 0 Å². The summed E-state index contributed by atoms with van der Waals surface area (Å²) in [7, 11) is 0. The molecule has 2 rings (SSSR count). The van der Waals surface area contributed by atoms with E-state index in [9.17, 15) is 22.8 Å². The third-order valence-corrected chi connectivity index (χ3v) is 3.48. The van der Waals surface area contributed by atoms with Crippen LogP contribution in [0, 0.1) is 5.92 Å². The van der Waals surface area contributed by atoms with E-state index in [1.165, 1.54) is 24.3 Å². The predicted octanol–water partition coefficient (Wildman–Crippen LogP) is 3.73. The van der Waals surface area contributed by atoms with Crippen LogP contribution in [0.25, 0.3) is 0 Å². The molecule has 1 aromatic rings. The average molecular weight is 375 g/mol. The number of ketones is 1. The van der Waals surface area contributed by atoms with E-state index in [4.69, 9.17) is 0 Å². The van der Waals surface area contributed by atoms with Crippen LogP contribution in [0.1, 0.15) is 44.0 Å². The van der Waals surface area contributed by atoms with Crippen LogP contribution in [0.5, 0.6) is 5.75 Å². The van der Waals surface area contributed by atoms with Gasteiger partial charge in [-0.25, -0.2) is 0 Å². The van der Waals surface area contributed by atoms with E-state index in [2.05, 4.69) is 14.8 Å². The van der Waals surface area contributed by atoms with Gasteiger partial charge in [-0.05, 0) is 71.0 Å². The number of carbonyl (C=O) groups is 2. The van der Waals surface area contributed by atoms with Crippen LogP contribution in [0.3, 0.4) is 0 Å². The lowest BCUT2D eigenvalue weighted by Gasteiger charge is -2.21. The van der Waals surface area contributed by atoms with Gasteiger partial charge in [-0.2, -0.15) is 0 Å². The van der Waals surface area contributed by atoms with Gasteiger partial charge in [0.05, 0.1) is 0 Å². The average Bonchev–Trinajstić information content (AvgIpc) is 2.54. The molecule has 1 N–H and O–H groups in total. The van der Waals surface area contributed by atoms with Gasteiger partial charge in [0.1, 0.15) is 11.4 Å². The Morgan fingerprint density at radius 3 is 2.04 bits per heavy atom. The Labute approximate surface area is 150 Å². The van der Waals surface area contributed by atoms with Crippen molar-refractivity contribution in [3.8, 4) is 5.75 Å². The third-order valence-electron chi connectivity index (χ3n) is 3.48. The minimum absolute atomic E-state index is 0.0138. The molecule has 146 valence electrons. The highest BCUT2D eigenvalue weighted by Crippen LogP contribution is 2.24. The molecule has 1 heterocycles. The summed E-state index contributed by atoms with van der Waals surface area (Å²) in [6.07, 6.45) is -3.18. The van der Waals surface area contributed by atoms with Gasteiger partial charge in [0.15, 0.2) is 5.78 Å². The summed E-state index contributed by atoms with van der Waals surface area (Å²) in [4.78, 5) is 21.7. The van der Waals surface area contributed by atoms with Gasteiger partial charge in [-0.1, -0.05) is 0 Å². The van der Waals surface area contributed by atoms with Crippen molar-refractivity contribution in [1.29, 1.82) is 0 Å². The van der Waals surface area contributed by atoms with E-state index in [-0.39, 0.29) is 23.1 Å². The highest BCUT2D eigenvalue weighted by molar-refractivity contribution is 5.98. The first-order valence-corrected chi connectivity index (χ1v) is 8.24. The molecule has 5 nitrogen and oxygen atoms in total. The van der Waals surface area contributed by atoms with E-state index in [1.54, 1.807) is 0 Å². The van der Waals surface area contributed by atoms with Crippen LogP contribution < -0.4 is 10.1 Å². The summed E-state index contributed by atoms with van der Waals surface area (Å²) in [6, 6.07) is 5.10. The van der Waals surface area contributed by atoms with E-state index in [0.717, 1.165) is 25.9 Å². The maximum absolute atomic E-state index is 12.1. The molecule has 0 radical (unpaired) electrons. The van der Waals surface area contributed by atoms with Crippen LogP contribution in [-0.2, 0) is 9.53 Å². The largest absolute Gasteiger partial charge is 0.573 e. The van der Waals surface area contributed by atoms with Crippen LogP contribution in [-0.4, -0.2) is 37.3 Å². The number of halogens is 3. The quantitative estimate of drug-likeness (QED) is 0.642. The second-order valence-electron chi connectivity index (χ2n) is 6.79. The molecule has 0 unspecified atom stereocenters. The molecule has 0 amide bonds. The Kier molecular flexibility index (Phi) is 8.08. The van der Waals surface area contributed by atoms with Gasteiger partial charge < -0.3 is 14.8 Å². The van der Waals surface area contributed by atoms with E-state index >= 15 is 0 Å². The Balaban J connectivity index is 0.000000412. The SMILES string of the molecule is CC(C)(C)OC=O.O=C(c1ccc(OC(F)(F)F)cc1)C1CCNCC1. The zero-order valence-corrected chi connectivity index (χ0v) is 15.1. The summed E-state index contributed by atoms with van der Waals surface area (Å²) >= 11 is 0. The van der Waals surface area contributed by atoms with Crippen molar-refractivity contribution in [2.45, 2.75) is 45.6 Å². The summed E-state index contributed by atoms with van der Waals surface area (Å²) in [5.74, 6) is -0.370. The number of Topliss-reactive ketones (excluding diaryl/α,β-unsaturated/α-hetero) is 1. The fraction of sp³-hybridized carbons (Fsp3) is 0.556.